The van der Waals surface area contributed by atoms with Crippen LogP contribution in [0.1, 0.15) is 21.5 Å². The van der Waals surface area contributed by atoms with E-state index in [2.05, 4.69) is 30.1 Å². The van der Waals surface area contributed by atoms with Gasteiger partial charge in [0.25, 0.3) is 5.56 Å². The fourth-order valence-electron chi connectivity index (χ4n) is 4.34. The molecule has 3 aromatic heterocycles. The molecule has 0 unspecified atom stereocenters. The molecule has 252 valence electrons. The van der Waals surface area contributed by atoms with Gasteiger partial charge in [0.15, 0.2) is 9.84 Å². The minimum absolute atomic E-state index is 0.0185. The number of anilines is 1. The molecule has 0 aliphatic carbocycles. The standard InChI is InChI=1S/C15H11F3N4O4S.C13H10F3N3O2/c1-27(25,26)7-22-13(23)9-5-8(11-3-2-4-19-21-11)10(15(16,17)18)6-12(9)20-14(22)24;1-21-12(20)8-5-7(11-3-2-4-18-19-11)9(6-10(8)17)13(14,15)16/h2-6H,7H2,1H3,(H,20,24);2-6H,17H2,1H3. The molecule has 0 spiro atoms. The minimum atomic E-state index is -4.79. The van der Waals surface area contributed by atoms with E-state index in [0.29, 0.717) is 16.7 Å². The number of nitrogen functional groups attached to an aromatic ring is 1. The zero-order chi connectivity index (χ0) is 35.6. The number of ether oxygens (including phenoxy) is 1. The van der Waals surface area contributed by atoms with Crippen LogP contribution >= 0.6 is 0 Å². The van der Waals surface area contributed by atoms with Crippen LogP contribution in [0.4, 0.5) is 32.0 Å². The van der Waals surface area contributed by atoms with E-state index in [9.17, 15) is 49.1 Å². The van der Waals surface area contributed by atoms with E-state index in [1.807, 2.05) is 0 Å². The van der Waals surface area contributed by atoms with Crippen LogP contribution < -0.4 is 17.0 Å². The lowest BCUT2D eigenvalue weighted by Crippen LogP contribution is -2.37. The number of alkyl halides is 6. The van der Waals surface area contributed by atoms with Crippen LogP contribution in [0, 0.1) is 0 Å². The van der Waals surface area contributed by atoms with Gasteiger partial charge in [-0.3, -0.25) is 4.79 Å². The molecule has 0 fully saturated rings. The Morgan fingerprint density at radius 3 is 1.88 bits per heavy atom. The number of halogens is 6. The summed E-state index contributed by atoms with van der Waals surface area (Å²) in [5.74, 6) is -1.73. The molecule has 0 aliphatic heterocycles. The second-order valence-corrected chi connectivity index (χ2v) is 12.0. The second-order valence-electron chi connectivity index (χ2n) is 9.85. The van der Waals surface area contributed by atoms with E-state index in [4.69, 9.17) is 5.73 Å². The summed E-state index contributed by atoms with van der Waals surface area (Å²) in [5, 5.41) is 14.0. The lowest BCUT2D eigenvalue weighted by Gasteiger charge is -2.15. The molecule has 48 heavy (non-hydrogen) atoms. The SMILES string of the molecule is COC(=O)c1cc(-c2cccnn2)c(C(F)(F)F)cc1N.CS(=O)(=O)Cn1c(=O)[nH]c2cc(C(F)(F)F)c(-c3cccnn3)cc2c1=O. The predicted molar refractivity (Wildman–Crippen MR) is 158 cm³/mol. The molecule has 0 saturated carbocycles. The first-order chi connectivity index (χ1) is 22.3. The lowest BCUT2D eigenvalue weighted by molar-refractivity contribution is -0.137. The summed E-state index contributed by atoms with van der Waals surface area (Å²) in [6.45, 7) is 0. The molecule has 2 aromatic carbocycles. The van der Waals surface area contributed by atoms with Crippen molar-refractivity contribution in [2.45, 2.75) is 18.2 Å². The smallest absolute Gasteiger partial charge is 0.417 e. The number of hydrogen-bond acceptors (Lipinski definition) is 11. The minimum Gasteiger partial charge on any atom is -0.465 e. The highest BCUT2D eigenvalue weighted by atomic mass is 32.2. The lowest BCUT2D eigenvalue weighted by atomic mass is 9.99. The highest BCUT2D eigenvalue weighted by Crippen LogP contribution is 2.39. The van der Waals surface area contributed by atoms with Gasteiger partial charge in [-0.25, -0.2) is 22.6 Å². The fraction of sp³-hybridized carbons (Fsp3) is 0.179. The summed E-state index contributed by atoms with van der Waals surface area (Å²) in [4.78, 5) is 38.2. The number of esters is 1. The largest absolute Gasteiger partial charge is 0.465 e. The normalized spacial score (nSPS) is 11.9. The number of methoxy groups -OCH3 is 1. The number of fused-ring (bicyclic) bond motifs is 1. The molecule has 0 amide bonds. The van der Waals surface area contributed by atoms with Crippen LogP contribution in [0.3, 0.4) is 0 Å². The van der Waals surface area contributed by atoms with Gasteiger partial charge in [0, 0.05) is 35.5 Å². The molecule has 3 heterocycles. The fourth-order valence-corrected chi connectivity index (χ4v) is 5.04. The number of nitrogens with one attached hydrogen (secondary N) is 1. The Balaban J connectivity index is 0.000000224. The van der Waals surface area contributed by atoms with Crippen LogP contribution in [-0.2, 0) is 32.8 Å². The second kappa shape index (κ2) is 13.2. The van der Waals surface area contributed by atoms with Gasteiger partial charge >= 0.3 is 24.0 Å². The van der Waals surface area contributed by atoms with Crippen molar-refractivity contribution in [3.05, 3.63) is 98.5 Å². The Morgan fingerprint density at radius 1 is 0.896 bits per heavy atom. The van der Waals surface area contributed by atoms with Crippen molar-refractivity contribution >= 4 is 32.4 Å². The van der Waals surface area contributed by atoms with Gasteiger partial charge < -0.3 is 15.5 Å². The van der Waals surface area contributed by atoms with Crippen molar-refractivity contribution in [1.29, 1.82) is 0 Å². The summed E-state index contributed by atoms with van der Waals surface area (Å²) in [7, 11) is -2.63. The Bertz CT molecular complexity index is 2220. The molecule has 13 nitrogen and oxygen atoms in total. The number of hydrogen-bond donors (Lipinski definition) is 2. The molecular weight excluding hydrogens is 676 g/mol. The van der Waals surface area contributed by atoms with Crippen molar-refractivity contribution in [3.63, 3.8) is 0 Å². The number of nitrogens with zero attached hydrogens (tertiary/aromatic N) is 5. The molecule has 3 N–H and O–H groups in total. The number of aromatic nitrogens is 6. The third kappa shape index (κ3) is 7.82. The van der Waals surface area contributed by atoms with Gasteiger partial charge in [0.2, 0.25) is 0 Å². The van der Waals surface area contributed by atoms with Gasteiger partial charge in [-0.1, -0.05) is 0 Å². The predicted octanol–water partition coefficient (Wildman–Crippen LogP) is 3.70. The van der Waals surface area contributed by atoms with E-state index < -0.39 is 62.0 Å². The first kappa shape index (κ1) is 35.2. The number of aromatic amines is 1. The Morgan fingerprint density at radius 2 is 1.42 bits per heavy atom. The number of benzene rings is 2. The molecule has 0 bridgehead atoms. The average molecular weight is 698 g/mol. The van der Waals surface area contributed by atoms with E-state index in [1.54, 1.807) is 0 Å². The summed E-state index contributed by atoms with van der Waals surface area (Å²) in [6.07, 6.45) is -6.01. The molecule has 5 rings (SSSR count). The van der Waals surface area contributed by atoms with Crippen molar-refractivity contribution in [2.24, 2.45) is 0 Å². The van der Waals surface area contributed by atoms with E-state index in [-0.39, 0.29) is 39.1 Å². The number of carbonyl (C=O) groups is 1. The third-order valence-electron chi connectivity index (χ3n) is 6.39. The number of sulfone groups is 1. The quantitative estimate of drug-likeness (QED) is 0.155. The maximum Gasteiger partial charge on any atom is 0.417 e. The zero-order valence-corrected chi connectivity index (χ0v) is 25.2. The number of carbonyl (C=O) groups excluding carboxylic acids is 1. The maximum absolute atomic E-state index is 13.5. The summed E-state index contributed by atoms with van der Waals surface area (Å²) >= 11 is 0. The van der Waals surface area contributed by atoms with Gasteiger partial charge in [-0.05, 0) is 48.5 Å². The van der Waals surface area contributed by atoms with Crippen LogP contribution in [0.5, 0.6) is 0 Å². The Hall–Kier alpha value is -5.66. The Labute approximate surface area is 265 Å². The average Bonchev–Trinajstić information content (AvgIpc) is 3.02. The monoisotopic (exact) mass is 697 g/mol. The van der Waals surface area contributed by atoms with Crippen LogP contribution in [0.15, 0.2) is 70.5 Å². The molecule has 0 atom stereocenters. The van der Waals surface area contributed by atoms with Crippen molar-refractivity contribution in [2.75, 3.05) is 19.1 Å². The van der Waals surface area contributed by atoms with Crippen LogP contribution in [-0.4, -0.2) is 57.7 Å². The van der Waals surface area contributed by atoms with Crippen LogP contribution in [0.2, 0.25) is 0 Å². The van der Waals surface area contributed by atoms with Gasteiger partial charge in [-0.15, -0.1) is 0 Å². The summed E-state index contributed by atoms with van der Waals surface area (Å²) in [6, 6.07) is 8.69. The van der Waals surface area contributed by atoms with Crippen molar-refractivity contribution in [3.8, 4) is 22.5 Å². The Kier molecular flexibility index (Phi) is 9.69. The van der Waals surface area contributed by atoms with Gasteiger partial charge in [0.05, 0.1) is 46.1 Å². The van der Waals surface area contributed by atoms with Crippen molar-refractivity contribution < 1.29 is 44.3 Å². The molecule has 20 heteroatoms. The zero-order valence-electron chi connectivity index (χ0n) is 24.4. The number of nitrogens with two attached hydrogens (primary N) is 1. The number of rotatable bonds is 5. The van der Waals surface area contributed by atoms with Crippen LogP contribution in [0.25, 0.3) is 33.4 Å². The molecule has 5 aromatic rings. The molecule has 0 saturated heterocycles. The topological polar surface area (TPSA) is 193 Å². The third-order valence-corrected chi connectivity index (χ3v) is 7.11. The first-order valence-corrected chi connectivity index (χ1v) is 15.1. The maximum atomic E-state index is 13.5. The summed E-state index contributed by atoms with van der Waals surface area (Å²) < 4.78 is 107. The van der Waals surface area contributed by atoms with E-state index in [1.165, 1.54) is 36.7 Å². The molecule has 0 aliphatic rings. The summed E-state index contributed by atoms with van der Waals surface area (Å²) in [5.41, 5.74) is -0.464. The van der Waals surface area contributed by atoms with Crippen molar-refractivity contribution in [1.82, 2.24) is 29.9 Å². The highest BCUT2D eigenvalue weighted by Gasteiger charge is 2.36. The van der Waals surface area contributed by atoms with E-state index >= 15 is 0 Å². The molecular formula is C28H21F6N7O6S. The number of H-pyrrole nitrogens is 1. The first-order valence-electron chi connectivity index (χ1n) is 13.0. The highest BCUT2D eigenvalue weighted by molar-refractivity contribution is 7.89. The van der Waals surface area contributed by atoms with E-state index in [0.717, 1.165) is 25.5 Å². The van der Waals surface area contributed by atoms with Gasteiger partial charge in [-0.2, -0.15) is 46.7 Å². The van der Waals surface area contributed by atoms with Gasteiger partial charge in [0.1, 0.15) is 5.88 Å². The molecule has 0 radical (unpaired) electrons.